The van der Waals surface area contributed by atoms with Crippen molar-refractivity contribution in [3.63, 3.8) is 0 Å². The van der Waals surface area contributed by atoms with Crippen LogP contribution in [0, 0.1) is 0 Å². The Labute approximate surface area is 81.5 Å². The molecule has 1 unspecified atom stereocenters. The van der Waals surface area contributed by atoms with Crippen molar-refractivity contribution in [3.05, 3.63) is 0 Å². The lowest BCUT2D eigenvalue weighted by Gasteiger charge is -2.09. The van der Waals surface area contributed by atoms with Crippen molar-refractivity contribution in [2.75, 3.05) is 26.3 Å². The van der Waals surface area contributed by atoms with Gasteiger partial charge in [0.05, 0.1) is 6.10 Å². The second-order valence-corrected chi connectivity index (χ2v) is 3.23. The molecule has 0 saturated carbocycles. The van der Waals surface area contributed by atoms with Crippen LogP contribution in [-0.4, -0.2) is 37.5 Å². The van der Waals surface area contributed by atoms with Crippen LogP contribution < -0.4 is 5.32 Å². The summed E-state index contributed by atoms with van der Waals surface area (Å²) in [4.78, 5) is 0. The highest BCUT2D eigenvalue weighted by molar-refractivity contribution is 4.56. The van der Waals surface area contributed by atoms with Gasteiger partial charge in [-0.05, 0) is 25.8 Å². The Bertz CT molecular complexity index is 98.9. The molecular weight excluding hydrogens is 166 g/mol. The highest BCUT2D eigenvalue weighted by Gasteiger charge is 1.97. The van der Waals surface area contributed by atoms with Gasteiger partial charge in [0.15, 0.2) is 0 Å². The zero-order valence-electron chi connectivity index (χ0n) is 8.88. The molecule has 0 fully saturated rings. The van der Waals surface area contributed by atoms with Crippen LogP contribution >= 0.6 is 0 Å². The minimum Gasteiger partial charge on any atom is -0.392 e. The zero-order chi connectivity index (χ0) is 9.94. The second-order valence-electron chi connectivity index (χ2n) is 3.23. The molecule has 13 heavy (non-hydrogen) atoms. The summed E-state index contributed by atoms with van der Waals surface area (Å²) in [7, 11) is 0. The van der Waals surface area contributed by atoms with Crippen LogP contribution in [0.1, 0.15) is 33.1 Å². The maximum Gasteiger partial charge on any atom is 0.0662 e. The molecule has 80 valence electrons. The third-order valence-corrected chi connectivity index (χ3v) is 1.84. The quantitative estimate of drug-likeness (QED) is 0.535. The van der Waals surface area contributed by atoms with Crippen molar-refractivity contribution in [1.29, 1.82) is 0 Å². The van der Waals surface area contributed by atoms with Gasteiger partial charge in [-0.25, -0.2) is 0 Å². The molecule has 0 spiro atoms. The van der Waals surface area contributed by atoms with Crippen LogP contribution in [0.25, 0.3) is 0 Å². The first-order valence-corrected chi connectivity index (χ1v) is 5.27. The topological polar surface area (TPSA) is 41.5 Å². The van der Waals surface area contributed by atoms with Crippen LogP contribution in [0.2, 0.25) is 0 Å². The monoisotopic (exact) mass is 189 g/mol. The molecule has 0 aromatic carbocycles. The Balaban J connectivity index is 2.91. The van der Waals surface area contributed by atoms with Gasteiger partial charge in [0, 0.05) is 19.8 Å². The molecule has 0 rings (SSSR count). The number of rotatable bonds is 9. The predicted octanol–water partition coefficient (Wildman–Crippen LogP) is 1.16. The summed E-state index contributed by atoms with van der Waals surface area (Å²) < 4.78 is 5.31. The molecule has 0 heterocycles. The third kappa shape index (κ3) is 9.80. The number of nitrogens with one attached hydrogen (secondary N) is 1. The molecule has 1 atom stereocenters. The number of aliphatic hydroxyl groups is 1. The van der Waals surface area contributed by atoms with Gasteiger partial charge in [-0.15, -0.1) is 0 Å². The zero-order valence-corrected chi connectivity index (χ0v) is 8.88. The van der Waals surface area contributed by atoms with Crippen molar-refractivity contribution >= 4 is 0 Å². The van der Waals surface area contributed by atoms with Crippen LogP contribution in [-0.2, 0) is 4.74 Å². The Morgan fingerprint density at radius 3 is 2.69 bits per heavy atom. The van der Waals surface area contributed by atoms with Gasteiger partial charge < -0.3 is 15.2 Å². The van der Waals surface area contributed by atoms with Crippen molar-refractivity contribution in [1.82, 2.24) is 5.32 Å². The third-order valence-electron chi connectivity index (χ3n) is 1.84. The van der Waals surface area contributed by atoms with Crippen LogP contribution in [0.4, 0.5) is 0 Å². The maximum absolute atomic E-state index is 9.20. The van der Waals surface area contributed by atoms with Crippen molar-refractivity contribution in [3.8, 4) is 0 Å². The first-order chi connectivity index (χ1) is 6.31. The summed E-state index contributed by atoms with van der Waals surface area (Å²) in [5, 5.41) is 12.4. The summed E-state index contributed by atoms with van der Waals surface area (Å²) in [6, 6.07) is 0. The molecule has 0 aliphatic rings. The predicted molar refractivity (Wildman–Crippen MR) is 54.9 cm³/mol. The summed E-state index contributed by atoms with van der Waals surface area (Å²) in [6.07, 6.45) is 2.73. The lowest BCUT2D eigenvalue weighted by molar-refractivity contribution is 0.129. The average molecular weight is 189 g/mol. The molecule has 0 radical (unpaired) electrons. The highest BCUT2D eigenvalue weighted by atomic mass is 16.5. The maximum atomic E-state index is 9.20. The standard InChI is InChI=1S/C10H23NO2/c1-3-7-13-8-5-6-11-9-10(12)4-2/h10-12H,3-9H2,1-2H3. The average Bonchev–Trinajstić information content (AvgIpc) is 2.16. The van der Waals surface area contributed by atoms with Gasteiger partial charge in [-0.3, -0.25) is 0 Å². The molecular formula is C10H23NO2. The largest absolute Gasteiger partial charge is 0.392 e. The molecule has 0 aromatic rings. The number of hydrogen-bond donors (Lipinski definition) is 2. The van der Waals surface area contributed by atoms with E-state index in [0.717, 1.165) is 39.0 Å². The second kappa shape index (κ2) is 9.96. The van der Waals surface area contributed by atoms with Crippen LogP contribution in [0.3, 0.4) is 0 Å². The highest BCUT2D eigenvalue weighted by Crippen LogP contribution is 1.87. The molecule has 0 amide bonds. The number of ether oxygens (including phenoxy) is 1. The van der Waals surface area contributed by atoms with E-state index in [0.29, 0.717) is 6.54 Å². The van der Waals surface area contributed by atoms with Gasteiger partial charge in [0.1, 0.15) is 0 Å². The van der Waals surface area contributed by atoms with E-state index in [1.807, 2.05) is 6.92 Å². The van der Waals surface area contributed by atoms with E-state index in [1.165, 1.54) is 0 Å². The van der Waals surface area contributed by atoms with Gasteiger partial charge in [-0.2, -0.15) is 0 Å². The van der Waals surface area contributed by atoms with E-state index in [9.17, 15) is 5.11 Å². The molecule has 0 aliphatic carbocycles. The lowest BCUT2D eigenvalue weighted by Crippen LogP contribution is -2.27. The van der Waals surface area contributed by atoms with E-state index in [1.54, 1.807) is 0 Å². The molecule has 0 aromatic heterocycles. The minimum absolute atomic E-state index is 0.198. The molecule has 2 N–H and O–H groups in total. The summed E-state index contributed by atoms with van der Waals surface area (Å²) in [6.45, 7) is 7.40. The van der Waals surface area contributed by atoms with Crippen molar-refractivity contribution < 1.29 is 9.84 Å². The van der Waals surface area contributed by atoms with Gasteiger partial charge in [-0.1, -0.05) is 13.8 Å². The molecule has 3 nitrogen and oxygen atoms in total. The number of aliphatic hydroxyl groups excluding tert-OH is 1. The van der Waals surface area contributed by atoms with Crippen LogP contribution in [0.15, 0.2) is 0 Å². The first kappa shape index (κ1) is 12.9. The molecule has 0 bridgehead atoms. The SMILES string of the molecule is CCCOCCCNCC(O)CC. The smallest absolute Gasteiger partial charge is 0.0662 e. The van der Waals surface area contributed by atoms with Crippen molar-refractivity contribution in [2.24, 2.45) is 0 Å². The van der Waals surface area contributed by atoms with E-state index >= 15 is 0 Å². The van der Waals surface area contributed by atoms with Crippen LogP contribution in [0.5, 0.6) is 0 Å². The molecule has 3 heteroatoms. The van der Waals surface area contributed by atoms with Gasteiger partial charge in [0.25, 0.3) is 0 Å². The fourth-order valence-electron chi connectivity index (χ4n) is 0.959. The normalized spacial score (nSPS) is 13.2. The van der Waals surface area contributed by atoms with E-state index in [4.69, 9.17) is 4.74 Å². The Hall–Kier alpha value is -0.120. The molecule has 0 aliphatic heterocycles. The fraction of sp³-hybridized carbons (Fsp3) is 1.00. The van der Waals surface area contributed by atoms with Gasteiger partial charge >= 0.3 is 0 Å². The Morgan fingerprint density at radius 2 is 2.08 bits per heavy atom. The Morgan fingerprint density at radius 1 is 1.31 bits per heavy atom. The summed E-state index contributed by atoms with van der Waals surface area (Å²) in [5.74, 6) is 0. The Kier molecular flexibility index (Phi) is 9.87. The first-order valence-electron chi connectivity index (χ1n) is 5.27. The van der Waals surface area contributed by atoms with Gasteiger partial charge in [0.2, 0.25) is 0 Å². The van der Waals surface area contributed by atoms with E-state index in [-0.39, 0.29) is 6.10 Å². The summed E-state index contributed by atoms with van der Waals surface area (Å²) >= 11 is 0. The minimum atomic E-state index is -0.198. The fourth-order valence-corrected chi connectivity index (χ4v) is 0.959. The van der Waals surface area contributed by atoms with Crippen molar-refractivity contribution in [2.45, 2.75) is 39.2 Å². The van der Waals surface area contributed by atoms with E-state index < -0.39 is 0 Å². The van der Waals surface area contributed by atoms with E-state index in [2.05, 4.69) is 12.2 Å². The summed E-state index contributed by atoms with van der Waals surface area (Å²) in [5.41, 5.74) is 0. The number of hydrogen-bond acceptors (Lipinski definition) is 3. The molecule has 0 saturated heterocycles. The lowest BCUT2D eigenvalue weighted by atomic mass is 10.3.